The molecule has 0 fully saturated rings. The molecule has 0 radical (unpaired) electrons. The van der Waals surface area contributed by atoms with Crippen LogP contribution < -0.4 is 0 Å². The van der Waals surface area contributed by atoms with Crippen LogP contribution in [0.4, 0.5) is 0 Å². The second-order valence-corrected chi connectivity index (χ2v) is 5.26. The normalized spacial score (nSPS) is 11.3. The predicted molar refractivity (Wildman–Crippen MR) is 79.4 cm³/mol. The molecule has 0 saturated heterocycles. The first kappa shape index (κ1) is 12.0. The number of imidazole rings is 1. The van der Waals surface area contributed by atoms with E-state index < -0.39 is 0 Å². The van der Waals surface area contributed by atoms with Gasteiger partial charge in [-0.1, -0.05) is 50.2 Å². The fraction of sp³-hybridized carbons (Fsp3) is 0.235. The molecule has 0 aliphatic rings. The Hall–Kier alpha value is -2.09. The van der Waals surface area contributed by atoms with Gasteiger partial charge in [0.1, 0.15) is 0 Å². The van der Waals surface area contributed by atoms with E-state index in [0.29, 0.717) is 5.92 Å². The minimum Gasteiger partial charge on any atom is -0.326 e. The molecular weight excluding hydrogens is 232 g/mol. The Morgan fingerprint density at radius 1 is 1.05 bits per heavy atom. The molecule has 0 saturated carbocycles. The molecule has 0 spiro atoms. The molecule has 0 amide bonds. The summed E-state index contributed by atoms with van der Waals surface area (Å²) < 4.78 is 2.22. The third-order valence-corrected chi connectivity index (χ3v) is 3.51. The molecule has 1 heterocycles. The van der Waals surface area contributed by atoms with Crippen LogP contribution in [0.15, 0.2) is 54.9 Å². The largest absolute Gasteiger partial charge is 0.326 e. The van der Waals surface area contributed by atoms with Gasteiger partial charge in [-0.05, 0) is 29.2 Å². The number of hydrogen-bond donors (Lipinski definition) is 0. The number of hydrogen-bond acceptors (Lipinski definition) is 1. The van der Waals surface area contributed by atoms with Crippen molar-refractivity contribution in [2.45, 2.75) is 26.3 Å². The number of benzene rings is 2. The molecule has 96 valence electrons. The second kappa shape index (κ2) is 4.88. The van der Waals surface area contributed by atoms with Crippen molar-refractivity contribution in [1.82, 2.24) is 9.55 Å². The highest BCUT2D eigenvalue weighted by molar-refractivity contribution is 5.76. The van der Waals surface area contributed by atoms with Crippen LogP contribution in [0.1, 0.15) is 30.9 Å². The molecule has 3 aromatic rings. The fourth-order valence-corrected chi connectivity index (χ4v) is 2.34. The lowest BCUT2D eigenvalue weighted by molar-refractivity contribution is 0.820. The predicted octanol–water partition coefficient (Wildman–Crippen LogP) is 4.21. The smallest absolute Gasteiger partial charge is 0.0961 e. The van der Waals surface area contributed by atoms with Gasteiger partial charge in [-0.3, -0.25) is 0 Å². The van der Waals surface area contributed by atoms with Crippen LogP contribution in [0.25, 0.3) is 11.0 Å². The fourth-order valence-electron chi connectivity index (χ4n) is 2.34. The summed E-state index contributed by atoms with van der Waals surface area (Å²) in [6, 6.07) is 17.1. The first-order valence-electron chi connectivity index (χ1n) is 6.73. The Bertz CT molecular complexity index is 681. The molecule has 0 atom stereocenters. The first-order valence-corrected chi connectivity index (χ1v) is 6.73. The van der Waals surface area contributed by atoms with E-state index in [9.17, 15) is 0 Å². The van der Waals surface area contributed by atoms with E-state index in [1.807, 2.05) is 12.4 Å². The molecule has 2 heteroatoms. The molecule has 0 N–H and O–H groups in total. The van der Waals surface area contributed by atoms with Gasteiger partial charge in [0.25, 0.3) is 0 Å². The van der Waals surface area contributed by atoms with Gasteiger partial charge in [0.15, 0.2) is 0 Å². The summed E-state index contributed by atoms with van der Waals surface area (Å²) in [6.07, 6.45) is 1.93. The molecule has 0 aliphatic carbocycles. The Morgan fingerprint density at radius 3 is 2.58 bits per heavy atom. The van der Waals surface area contributed by atoms with E-state index in [-0.39, 0.29) is 0 Å². The van der Waals surface area contributed by atoms with E-state index in [2.05, 4.69) is 65.9 Å². The van der Waals surface area contributed by atoms with Crippen LogP contribution in [0.2, 0.25) is 0 Å². The quantitative estimate of drug-likeness (QED) is 0.681. The van der Waals surface area contributed by atoms with Gasteiger partial charge in [-0.25, -0.2) is 4.98 Å². The van der Waals surface area contributed by atoms with Crippen LogP contribution in [0, 0.1) is 0 Å². The second-order valence-electron chi connectivity index (χ2n) is 5.26. The van der Waals surface area contributed by atoms with Crippen molar-refractivity contribution in [3.05, 3.63) is 66.0 Å². The first-order chi connectivity index (χ1) is 9.24. The van der Waals surface area contributed by atoms with Gasteiger partial charge in [-0.15, -0.1) is 0 Å². The van der Waals surface area contributed by atoms with Crippen molar-refractivity contribution in [2.75, 3.05) is 0 Å². The molecule has 1 aromatic heterocycles. The monoisotopic (exact) mass is 250 g/mol. The van der Waals surface area contributed by atoms with Crippen LogP contribution in [-0.2, 0) is 6.54 Å². The van der Waals surface area contributed by atoms with E-state index in [4.69, 9.17) is 0 Å². The highest BCUT2D eigenvalue weighted by Gasteiger charge is 2.06. The SMILES string of the molecule is CC(C)c1ccc2ncn(Cc3ccccc3)c2c1. The Balaban J connectivity index is 2.02. The van der Waals surface area contributed by atoms with Crippen molar-refractivity contribution >= 4 is 11.0 Å². The van der Waals surface area contributed by atoms with Crippen LogP contribution in [-0.4, -0.2) is 9.55 Å². The minimum absolute atomic E-state index is 0.546. The Morgan fingerprint density at radius 2 is 1.84 bits per heavy atom. The highest BCUT2D eigenvalue weighted by atomic mass is 15.0. The van der Waals surface area contributed by atoms with Crippen molar-refractivity contribution in [1.29, 1.82) is 0 Å². The van der Waals surface area contributed by atoms with Gasteiger partial charge in [0, 0.05) is 6.54 Å². The van der Waals surface area contributed by atoms with Crippen molar-refractivity contribution in [2.24, 2.45) is 0 Å². The van der Waals surface area contributed by atoms with Crippen LogP contribution in [0.5, 0.6) is 0 Å². The van der Waals surface area contributed by atoms with Crippen LogP contribution >= 0.6 is 0 Å². The molecular formula is C17H18N2. The summed E-state index contributed by atoms with van der Waals surface area (Å²) in [5.41, 5.74) is 4.95. The van der Waals surface area contributed by atoms with Gasteiger partial charge in [-0.2, -0.15) is 0 Å². The minimum atomic E-state index is 0.546. The maximum Gasteiger partial charge on any atom is 0.0961 e. The third kappa shape index (κ3) is 2.39. The summed E-state index contributed by atoms with van der Waals surface area (Å²) >= 11 is 0. The molecule has 2 nitrogen and oxygen atoms in total. The number of aromatic nitrogens is 2. The summed E-state index contributed by atoms with van der Waals surface area (Å²) in [4.78, 5) is 4.48. The highest BCUT2D eigenvalue weighted by Crippen LogP contribution is 2.21. The molecule has 0 unspecified atom stereocenters. The van der Waals surface area contributed by atoms with E-state index in [1.165, 1.54) is 16.6 Å². The third-order valence-electron chi connectivity index (χ3n) is 3.51. The zero-order valence-electron chi connectivity index (χ0n) is 11.4. The average Bonchev–Trinajstić information content (AvgIpc) is 2.82. The summed E-state index contributed by atoms with van der Waals surface area (Å²) in [7, 11) is 0. The topological polar surface area (TPSA) is 17.8 Å². The zero-order valence-corrected chi connectivity index (χ0v) is 11.4. The maximum absolute atomic E-state index is 4.48. The van der Waals surface area contributed by atoms with Crippen LogP contribution in [0.3, 0.4) is 0 Å². The summed E-state index contributed by atoms with van der Waals surface area (Å²) in [6.45, 7) is 5.32. The summed E-state index contributed by atoms with van der Waals surface area (Å²) in [5, 5.41) is 0. The maximum atomic E-state index is 4.48. The summed E-state index contributed by atoms with van der Waals surface area (Å²) in [5.74, 6) is 0.546. The van der Waals surface area contributed by atoms with Crippen molar-refractivity contribution in [3.8, 4) is 0 Å². The van der Waals surface area contributed by atoms with Gasteiger partial charge in [0.05, 0.1) is 17.4 Å². The van der Waals surface area contributed by atoms with E-state index in [0.717, 1.165) is 12.1 Å². The Kier molecular flexibility index (Phi) is 3.08. The van der Waals surface area contributed by atoms with Gasteiger partial charge < -0.3 is 4.57 Å². The molecule has 0 bridgehead atoms. The lowest BCUT2D eigenvalue weighted by Gasteiger charge is -2.08. The zero-order chi connectivity index (χ0) is 13.2. The lowest BCUT2D eigenvalue weighted by Crippen LogP contribution is -1.98. The molecule has 0 aliphatic heterocycles. The standard InChI is InChI=1S/C17H18N2/c1-13(2)15-8-9-16-17(10-15)19(12-18-16)11-14-6-4-3-5-7-14/h3-10,12-13H,11H2,1-2H3. The molecule has 3 rings (SSSR count). The van der Waals surface area contributed by atoms with Crippen molar-refractivity contribution in [3.63, 3.8) is 0 Å². The van der Waals surface area contributed by atoms with Gasteiger partial charge >= 0.3 is 0 Å². The lowest BCUT2D eigenvalue weighted by atomic mass is 10.0. The van der Waals surface area contributed by atoms with E-state index in [1.54, 1.807) is 0 Å². The molecule has 19 heavy (non-hydrogen) atoms. The number of rotatable bonds is 3. The molecule has 2 aromatic carbocycles. The average molecular weight is 250 g/mol. The van der Waals surface area contributed by atoms with Crippen molar-refractivity contribution < 1.29 is 0 Å². The Labute approximate surface area is 113 Å². The number of nitrogens with zero attached hydrogens (tertiary/aromatic N) is 2. The van der Waals surface area contributed by atoms with Gasteiger partial charge in [0.2, 0.25) is 0 Å². The number of fused-ring (bicyclic) bond motifs is 1. The van der Waals surface area contributed by atoms with E-state index >= 15 is 0 Å².